The second-order valence-electron chi connectivity index (χ2n) is 5.66. The van der Waals surface area contributed by atoms with Crippen LogP contribution in [-0.4, -0.2) is 10.9 Å². The van der Waals surface area contributed by atoms with E-state index in [4.69, 9.17) is 0 Å². The molecule has 0 fully saturated rings. The number of hydrogen-bond donors (Lipinski definition) is 1. The van der Waals surface area contributed by atoms with Gasteiger partial charge in [-0.2, -0.15) is 0 Å². The number of aryl methyl sites for hydroxylation is 1. The molecule has 3 rings (SSSR count). The molecular formula is C20H20N2OS. The number of amides is 1. The fourth-order valence-electron chi connectivity index (χ4n) is 2.54. The predicted octanol–water partition coefficient (Wildman–Crippen LogP) is 4.69. The first kappa shape index (κ1) is 16.4. The standard InChI is InChI=1S/C20H20N2OS/c1-2-4-15-6-8-17(9-7-15)20(23)22-14-16-10-11-21-18(13-16)19-5-3-12-24-19/h3,5-13H,2,4,14H2,1H3,(H,22,23). The van der Waals surface area contributed by atoms with Crippen LogP contribution in [0.4, 0.5) is 0 Å². The van der Waals surface area contributed by atoms with E-state index in [2.05, 4.69) is 17.2 Å². The van der Waals surface area contributed by atoms with Gasteiger partial charge < -0.3 is 5.32 Å². The quantitative estimate of drug-likeness (QED) is 0.709. The van der Waals surface area contributed by atoms with Crippen molar-refractivity contribution in [2.75, 3.05) is 0 Å². The maximum absolute atomic E-state index is 12.3. The fraction of sp³-hybridized carbons (Fsp3) is 0.200. The van der Waals surface area contributed by atoms with E-state index in [-0.39, 0.29) is 5.91 Å². The van der Waals surface area contributed by atoms with Crippen molar-refractivity contribution in [3.63, 3.8) is 0 Å². The summed E-state index contributed by atoms with van der Waals surface area (Å²) < 4.78 is 0. The maximum atomic E-state index is 12.3. The molecule has 4 heteroatoms. The molecule has 0 saturated heterocycles. The van der Waals surface area contributed by atoms with E-state index in [1.54, 1.807) is 17.5 Å². The third-order valence-electron chi connectivity index (χ3n) is 3.81. The van der Waals surface area contributed by atoms with Crippen LogP contribution in [0, 0.1) is 0 Å². The van der Waals surface area contributed by atoms with Crippen molar-refractivity contribution in [2.45, 2.75) is 26.3 Å². The average Bonchev–Trinajstić information content (AvgIpc) is 3.16. The van der Waals surface area contributed by atoms with Crippen molar-refractivity contribution in [3.05, 3.63) is 76.8 Å². The highest BCUT2D eigenvalue weighted by Gasteiger charge is 2.06. The molecule has 0 saturated carbocycles. The summed E-state index contributed by atoms with van der Waals surface area (Å²) in [7, 11) is 0. The third-order valence-corrected chi connectivity index (χ3v) is 4.70. The van der Waals surface area contributed by atoms with Crippen LogP contribution in [0.5, 0.6) is 0 Å². The molecule has 2 aromatic heterocycles. The lowest BCUT2D eigenvalue weighted by atomic mass is 10.1. The molecule has 122 valence electrons. The number of thiophene rings is 1. The number of benzene rings is 1. The Hall–Kier alpha value is -2.46. The highest BCUT2D eigenvalue weighted by molar-refractivity contribution is 7.13. The molecule has 0 aliphatic rings. The molecule has 1 aromatic carbocycles. The number of pyridine rings is 1. The zero-order valence-corrected chi connectivity index (χ0v) is 14.5. The largest absolute Gasteiger partial charge is 0.348 e. The lowest BCUT2D eigenvalue weighted by molar-refractivity contribution is 0.0951. The van der Waals surface area contributed by atoms with Crippen LogP contribution in [0.2, 0.25) is 0 Å². The molecule has 0 spiro atoms. The molecule has 1 amide bonds. The summed E-state index contributed by atoms with van der Waals surface area (Å²) in [5.74, 6) is -0.0486. The Bertz CT molecular complexity index is 795. The summed E-state index contributed by atoms with van der Waals surface area (Å²) in [6, 6.07) is 15.9. The number of nitrogens with zero attached hydrogens (tertiary/aromatic N) is 1. The van der Waals surface area contributed by atoms with Gasteiger partial charge >= 0.3 is 0 Å². The summed E-state index contributed by atoms with van der Waals surface area (Å²) >= 11 is 1.66. The summed E-state index contributed by atoms with van der Waals surface area (Å²) in [6.45, 7) is 2.65. The molecule has 0 bridgehead atoms. The van der Waals surface area contributed by atoms with Crippen LogP contribution >= 0.6 is 11.3 Å². The number of rotatable bonds is 6. The van der Waals surface area contributed by atoms with E-state index in [1.165, 1.54) is 5.56 Å². The van der Waals surface area contributed by atoms with E-state index in [1.807, 2.05) is 53.9 Å². The van der Waals surface area contributed by atoms with Gasteiger partial charge in [0.15, 0.2) is 0 Å². The first-order valence-electron chi connectivity index (χ1n) is 8.12. The zero-order valence-electron chi connectivity index (χ0n) is 13.7. The van der Waals surface area contributed by atoms with E-state index < -0.39 is 0 Å². The van der Waals surface area contributed by atoms with Crippen molar-refractivity contribution >= 4 is 17.2 Å². The number of carbonyl (C=O) groups excluding carboxylic acids is 1. The normalized spacial score (nSPS) is 10.5. The van der Waals surface area contributed by atoms with Crippen LogP contribution in [0.3, 0.4) is 0 Å². The molecule has 0 aliphatic carbocycles. The van der Waals surface area contributed by atoms with Gasteiger partial charge in [-0.3, -0.25) is 9.78 Å². The predicted molar refractivity (Wildman–Crippen MR) is 99.2 cm³/mol. The third kappa shape index (κ3) is 4.09. The first-order chi connectivity index (χ1) is 11.8. The van der Waals surface area contributed by atoms with E-state index in [9.17, 15) is 4.79 Å². The van der Waals surface area contributed by atoms with Gasteiger partial charge in [0.25, 0.3) is 5.91 Å². The second kappa shape index (κ2) is 7.88. The Labute approximate surface area is 146 Å². The van der Waals surface area contributed by atoms with Gasteiger partial charge in [0, 0.05) is 18.3 Å². The Kier molecular flexibility index (Phi) is 5.39. The van der Waals surface area contributed by atoms with Gasteiger partial charge in [-0.15, -0.1) is 11.3 Å². The SMILES string of the molecule is CCCc1ccc(C(=O)NCc2ccnc(-c3cccs3)c2)cc1. The van der Waals surface area contributed by atoms with Crippen LogP contribution in [0.25, 0.3) is 10.6 Å². The molecule has 0 radical (unpaired) electrons. The molecule has 1 N–H and O–H groups in total. The highest BCUT2D eigenvalue weighted by atomic mass is 32.1. The van der Waals surface area contributed by atoms with Crippen LogP contribution in [0.15, 0.2) is 60.1 Å². The number of hydrogen-bond acceptors (Lipinski definition) is 3. The minimum Gasteiger partial charge on any atom is -0.348 e. The summed E-state index contributed by atoms with van der Waals surface area (Å²) in [6.07, 6.45) is 3.95. The average molecular weight is 336 g/mol. The van der Waals surface area contributed by atoms with Crippen molar-refractivity contribution in [1.82, 2.24) is 10.3 Å². The van der Waals surface area contributed by atoms with Gasteiger partial charge in [0.05, 0.1) is 10.6 Å². The highest BCUT2D eigenvalue weighted by Crippen LogP contribution is 2.23. The minimum absolute atomic E-state index is 0.0486. The smallest absolute Gasteiger partial charge is 0.251 e. The molecular weight excluding hydrogens is 316 g/mol. The second-order valence-corrected chi connectivity index (χ2v) is 6.60. The number of nitrogens with one attached hydrogen (secondary N) is 1. The van der Waals surface area contributed by atoms with E-state index in [0.717, 1.165) is 29.0 Å². The Balaban J connectivity index is 1.63. The van der Waals surface area contributed by atoms with Gasteiger partial charge in [-0.1, -0.05) is 31.5 Å². The number of aromatic nitrogens is 1. The molecule has 24 heavy (non-hydrogen) atoms. The molecule has 0 atom stereocenters. The Morgan fingerprint density at radius 2 is 1.96 bits per heavy atom. The van der Waals surface area contributed by atoms with E-state index in [0.29, 0.717) is 12.1 Å². The molecule has 3 nitrogen and oxygen atoms in total. The van der Waals surface area contributed by atoms with Gasteiger partial charge in [-0.05, 0) is 53.3 Å². The number of carbonyl (C=O) groups is 1. The molecule has 0 unspecified atom stereocenters. The van der Waals surface area contributed by atoms with Crippen LogP contribution < -0.4 is 5.32 Å². The van der Waals surface area contributed by atoms with Gasteiger partial charge in [0.2, 0.25) is 0 Å². The monoisotopic (exact) mass is 336 g/mol. The summed E-state index contributed by atoms with van der Waals surface area (Å²) in [5.41, 5.74) is 3.95. The van der Waals surface area contributed by atoms with Crippen molar-refractivity contribution in [3.8, 4) is 10.6 Å². The fourth-order valence-corrected chi connectivity index (χ4v) is 3.23. The minimum atomic E-state index is -0.0486. The maximum Gasteiger partial charge on any atom is 0.251 e. The lowest BCUT2D eigenvalue weighted by Crippen LogP contribution is -2.22. The summed E-state index contributed by atoms with van der Waals surface area (Å²) in [4.78, 5) is 17.8. The van der Waals surface area contributed by atoms with Crippen LogP contribution in [0.1, 0.15) is 34.8 Å². The van der Waals surface area contributed by atoms with Gasteiger partial charge in [-0.25, -0.2) is 0 Å². The first-order valence-corrected chi connectivity index (χ1v) is 9.00. The van der Waals surface area contributed by atoms with E-state index >= 15 is 0 Å². The van der Waals surface area contributed by atoms with Crippen molar-refractivity contribution in [2.24, 2.45) is 0 Å². The Morgan fingerprint density at radius 3 is 2.67 bits per heavy atom. The summed E-state index contributed by atoms with van der Waals surface area (Å²) in [5, 5.41) is 5.01. The van der Waals surface area contributed by atoms with Crippen LogP contribution in [-0.2, 0) is 13.0 Å². The zero-order chi connectivity index (χ0) is 16.8. The van der Waals surface area contributed by atoms with Crippen molar-refractivity contribution in [1.29, 1.82) is 0 Å². The van der Waals surface area contributed by atoms with Crippen molar-refractivity contribution < 1.29 is 4.79 Å². The molecule has 3 aromatic rings. The van der Waals surface area contributed by atoms with Gasteiger partial charge in [0.1, 0.15) is 0 Å². The topological polar surface area (TPSA) is 42.0 Å². The lowest BCUT2D eigenvalue weighted by Gasteiger charge is -2.07. The molecule has 2 heterocycles. The molecule has 0 aliphatic heterocycles. The Morgan fingerprint density at radius 1 is 1.12 bits per heavy atom.